The van der Waals surface area contributed by atoms with Crippen LogP contribution in [0.2, 0.25) is 0 Å². The van der Waals surface area contributed by atoms with Crippen molar-refractivity contribution >= 4 is 33.3 Å². The summed E-state index contributed by atoms with van der Waals surface area (Å²) in [7, 11) is -0.741. The van der Waals surface area contributed by atoms with Crippen LogP contribution in [0.5, 0.6) is 5.75 Å². The van der Waals surface area contributed by atoms with Gasteiger partial charge in [-0.15, -0.1) is 0 Å². The number of fused-ring (bicyclic) bond motifs is 1. The largest absolute Gasteiger partial charge is 0.490 e. The van der Waals surface area contributed by atoms with Crippen molar-refractivity contribution in [2.75, 3.05) is 44.0 Å². The molecule has 0 unspecified atom stereocenters. The highest BCUT2D eigenvalue weighted by Crippen LogP contribution is 2.29. The van der Waals surface area contributed by atoms with Gasteiger partial charge in [0, 0.05) is 57.3 Å². The normalized spacial score (nSPS) is 20.4. The van der Waals surface area contributed by atoms with Gasteiger partial charge in [-0.05, 0) is 75.6 Å². The summed E-state index contributed by atoms with van der Waals surface area (Å²) in [5.74, 6) is -0.919. The first-order chi connectivity index (χ1) is 22.8. The van der Waals surface area contributed by atoms with Crippen molar-refractivity contribution in [1.29, 1.82) is 0 Å². The number of sulfonamides is 1. The Balaban J connectivity index is 1.62. The number of halogens is 1. The summed E-state index contributed by atoms with van der Waals surface area (Å²) in [4.78, 5) is 32.6. The molecule has 3 aromatic rings. The predicted molar refractivity (Wildman–Crippen MR) is 179 cm³/mol. The molecule has 1 aromatic heterocycles. The SMILES string of the molecule is C[C@@H]1CCCCO[C@@H](CN(C)S(=O)(=O)c2cn(C)cn2)[C@H](C)CN([C@@H](C)CO)C(=O)c2cc(NC(=O)Nc3ccc(F)cc3)ccc2O1. The van der Waals surface area contributed by atoms with E-state index in [1.54, 1.807) is 30.7 Å². The molecule has 2 aromatic carbocycles. The molecule has 0 spiro atoms. The van der Waals surface area contributed by atoms with Crippen LogP contribution in [0.15, 0.2) is 60.0 Å². The molecule has 15 heteroatoms. The van der Waals surface area contributed by atoms with Crippen LogP contribution in [0.4, 0.5) is 20.6 Å². The number of carbonyl (C=O) groups is 2. The van der Waals surface area contributed by atoms with Crippen molar-refractivity contribution < 1.29 is 37.0 Å². The molecule has 4 atom stereocenters. The van der Waals surface area contributed by atoms with Crippen LogP contribution < -0.4 is 15.4 Å². The van der Waals surface area contributed by atoms with Crippen LogP contribution in [0.3, 0.4) is 0 Å². The number of imidazole rings is 1. The van der Waals surface area contributed by atoms with E-state index in [-0.39, 0.29) is 42.3 Å². The van der Waals surface area contributed by atoms with Gasteiger partial charge in [0.25, 0.3) is 15.9 Å². The Kier molecular flexibility index (Phi) is 12.5. The number of benzene rings is 2. The fourth-order valence-corrected chi connectivity index (χ4v) is 6.47. The Labute approximate surface area is 281 Å². The number of carbonyl (C=O) groups excluding carboxylic acids is 2. The molecule has 0 aliphatic carbocycles. The van der Waals surface area contributed by atoms with Crippen LogP contribution in [0, 0.1) is 11.7 Å². The summed E-state index contributed by atoms with van der Waals surface area (Å²) in [6.45, 7) is 5.68. The zero-order valence-corrected chi connectivity index (χ0v) is 28.7. The second-order valence-electron chi connectivity index (χ2n) is 12.3. The fourth-order valence-electron chi connectivity index (χ4n) is 5.32. The number of nitrogens with one attached hydrogen (secondary N) is 2. The van der Waals surface area contributed by atoms with Gasteiger partial charge in [-0.1, -0.05) is 6.92 Å². The molecule has 3 amide bonds. The van der Waals surface area contributed by atoms with E-state index >= 15 is 0 Å². The Morgan fingerprint density at radius 3 is 2.50 bits per heavy atom. The lowest BCUT2D eigenvalue weighted by atomic mass is 10.0. The third kappa shape index (κ3) is 9.52. The summed E-state index contributed by atoms with van der Waals surface area (Å²) in [6.07, 6.45) is 4.16. The van der Waals surface area contributed by atoms with E-state index in [4.69, 9.17) is 9.47 Å². The van der Waals surface area contributed by atoms with Crippen molar-refractivity contribution in [1.82, 2.24) is 18.8 Å². The number of aliphatic hydroxyl groups is 1. The number of urea groups is 1. The van der Waals surface area contributed by atoms with Gasteiger partial charge >= 0.3 is 6.03 Å². The van der Waals surface area contributed by atoms with E-state index in [0.717, 1.165) is 6.42 Å². The highest BCUT2D eigenvalue weighted by molar-refractivity contribution is 7.89. The van der Waals surface area contributed by atoms with Crippen molar-refractivity contribution in [2.45, 2.75) is 63.3 Å². The molecule has 3 N–H and O–H groups in total. The number of aromatic nitrogens is 2. The molecule has 262 valence electrons. The summed E-state index contributed by atoms with van der Waals surface area (Å²) in [5, 5.41) is 15.4. The van der Waals surface area contributed by atoms with Crippen molar-refractivity contribution in [3.8, 4) is 5.75 Å². The number of hydrogen-bond acceptors (Lipinski definition) is 8. The topological polar surface area (TPSA) is 155 Å². The first-order valence-electron chi connectivity index (χ1n) is 15.9. The average Bonchev–Trinajstić information content (AvgIpc) is 3.50. The minimum absolute atomic E-state index is 0.0168. The van der Waals surface area contributed by atoms with Crippen molar-refractivity contribution in [3.63, 3.8) is 0 Å². The monoisotopic (exact) mass is 688 g/mol. The number of nitrogens with zero attached hydrogens (tertiary/aromatic N) is 4. The summed E-state index contributed by atoms with van der Waals surface area (Å²) in [5.41, 5.74) is 0.872. The molecule has 0 saturated carbocycles. The average molecular weight is 689 g/mol. The highest BCUT2D eigenvalue weighted by Gasteiger charge is 2.33. The molecule has 1 aliphatic heterocycles. The molecule has 0 radical (unpaired) electrons. The van der Waals surface area contributed by atoms with Gasteiger partial charge in [-0.3, -0.25) is 4.79 Å². The number of rotatable bonds is 8. The van der Waals surface area contributed by atoms with Crippen molar-refractivity contribution in [2.24, 2.45) is 13.0 Å². The van der Waals surface area contributed by atoms with Crippen LogP contribution in [0.25, 0.3) is 0 Å². The van der Waals surface area contributed by atoms with Crippen LogP contribution in [0.1, 0.15) is 50.4 Å². The maximum absolute atomic E-state index is 14.3. The lowest BCUT2D eigenvalue weighted by Gasteiger charge is -2.35. The molecular weight excluding hydrogens is 643 g/mol. The smallest absolute Gasteiger partial charge is 0.323 e. The number of aryl methyl sites for hydroxylation is 1. The molecule has 0 saturated heterocycles. The third-order valence-corrected chi connectivity index (χ3v) is 9.91. The maximum atomic E-state index is 14.3. The summed E-state index contributed by atoms with van der Waals surface area (Å²) >= 11 is 0. The Morgan fingerprint density at radius 2 is 1.83 bits per heavy atom. The van der Waals surface area contributed by atoms with E-state index in [1.807, 2.05) is 13.8 Å². The van der Waals surface area contributed by atoms with Gasteiger partial charge in [-0.2, -0.15) is 4.31 Å². The fraction of sp³-hybridized carbons (Fsp3) is 0.485. The van der Waals surface area contributed by atoms with E-state index < -0.39 is 39.9 Å². The van der Waals surface area contributed by atoms with Gasteiger partial charge in [0.1, 0.15) is 11.6 Å². The van der Waals surface area contributed by atoms with Gasteiger partial charge in [0.2, 0.25) is 0 Å². The van der Waals surface area contributed by atoms with E-state index in [0.29, 0.717) is 36.6 Å². The van der Waals surface area contributed by atoms with Gasteiger partial charge in [-0.25, -0.2) is 22.6 Å². The summed E-state index contributed by atoms with van der Waals surface area (Å²) in [6, 6.07) is 8.85. The minimum atomic E-state index is -3.90. The lowest BCUT2D eigenvalue weighted by Crippen LogP contribution is -2.48. The van der Waals surface area contributed by atoms with E-state index in [2.05, 4.69) is 15.6 Å². The molecule has 48 heavy (non-hydrogen) atoms. The van der Waals surface area contributed by atoms with Gasteiger partial charge in [0.05, 0.1) is 36.7 Å². The maximum Gasteiger partial charge on any atom is 0.323 e. The molecule has 1 aliphatic rings. The van der Waals surface area contributed by atoms with Crippen LogP contribution in [-0.2, 0) is 21.8 Å². The van der Waals surface area contributed by atoms with Crippen molar-refractivity contribution in [3.05, 3.63) is 66.4 Å². The Morgan fingerprint density at radius 1 is 1.15 bits per heavy atom. The lowest BCUT2D eigenvalue weighted by molar-refractivity contribution is -0.00835. The standard InChI is InChI=1S/C33H45FN6O7S/c1-22-17-40(23(2)20-41)32(42)28-16-27(37-33(43)36-26-11-9-25(34)10-12-26)13-14-29(28)47-24(3)8-6-7-15-46-30(22)18-39(5)48(44,45)31-19-38(4)21-35-31/h9-14,16,19,21-24,30,41H,6-8,15,17-18,20H2,1-5H3,(H2,36,37,43)/t22-,23+,24-,30+/m1/s1. The van der Waals surface area contributed by atoms with Gasteiger partial charge < -0.3 is 34.7 Å². The second-order valence-corrected chi connectivity index (χ2v) is 14.3. The molecule has 0 fully saturated rings. The number of aliphatic hydroxyl groups excluding tert-OH is 1. The number of hydrogen-bond donors (Lipinski definition) is 3. The number of amides is 3. The predicted octanol–water partition coefficient (Wildman–Crippen LogP) is 4.32. The summed E-state index contributed by atoms with van der Waals surface area (Å²) < 4.78 is 55.2. The first kappa shape index (κ1) is 36.8. The molecule has 4 rings (SSSR count). The number of anilines is 2. The minimum Gasteiger partial charge on any atom is -0.490 e. The zero-order valence-electron chi connectivity index (χ0n) is 27.9. The zero-order chi connectivity index (χ0) is 35.0. The second kappa shape index (κ2) is 16.4. The number of likely N-dealkylation sites (N-methyl/N-ethyl adjacent to an activating group) is 1. The van der Waals surface area contributed by atoms with Gasteiger partial charge in [0.15, 0.2) is 5.03 Å². The third-order valence-electron chi connectivity index (χ3n) is 8.20. The molecule has 2 heterocycles. The Hall–Kier alpha value is -4.05. The number of ether oxygens (including phenoxy) is 2. The highest BCUT2D eigenvalue weighted by atomic mass is 32.2. The van der Waals surface area contributed by atoms with Crippen LogP contribution >= 0.6 is 0 Å². The molecule has 13 nitrogen and oxygen atoms in total. The van der Waals surface area contributed by atoms with E-state index in [1.165, 1.54) is 59.1 Å². The van der Waals surface area contributed by atoms with Crippen LogP contribution in [-0.4, -0.2) is 95.8 Å². The molecule has 0 bridgehead atoms. The first-order valence-corrected chi connectivity index (χ1v) is 17.3. The molecular formula is C33H45FN6O7S. The quantitative estimate of drug-likeness (QED) is 0.316. The Bertz CT molecular complexity index is 1650. The van der Waals surface area contributed by atoms with E-state index in [9.17, 15) is 27.5 Å².